The summed E-state index contributed by atoms with van der Waals surface area (Å²) in [7, 11) is 0. The van der Waals surface area contributed by atoms with Gasteiger partial charge in [0.2, 0.25) is 0 Å². The molecule has 0 spiro atoms. The van der Waals surface area contributed by atoms with E-state index in [1.807, 2.05) is 6.07 Å². The standard InChI is InChI=1S/C16H24O/c1-13-6-5-9-15(12-13)16(17)11-10-14-7-3-2-4-8-14/h2-4,7-8,13,15-17H,5-6,9-12H2,1H3. The van der Waals surface area contributed by atoms with Crippen molar-refractivity contribution in [2.24, 2.45) is 11.8 Å². The van der Waals surface area contributed by atoms with Gasteiger partial charge in [0.05, 0.1) is 6.10 Å². The molecule has 0 amide bonds. The molecule has 1 aliphatic rings. The molecule has 1 N–H and O–H groups in total. The van der Waals surface area contributed by atoms with Gasteiger partial charge in [-0.05, 0) is 43.1 Å². The van der Waals surface area contributed by atoms with E-state index in [2.05, 4.69) is 31.2 Å². The number of aliphatic hydroxyl groups excluding tert-OH is 1. The molecule has 1 nitrogen and oxygen atoms in total. The lowest BCUT2D eigenvalue weighted by Gasteiger charge is -2.30. The molecule has 17 heavy (non-hydrogen) atoms. The van der Waals surface area contributed by atoms with E-state index in [0.717, 1.165) is 18.8 Å². The Morgan fingerprint density at radius 1 is 1.24 bits per heavy atom. The summed E-state index contributed by atoms with van der Waals surface area (Å²) in [6, 6.07) is 10.5. The van der Waals surface area contributed by atoms with E-state index in [0.29, 0.717) is 5.92 Å². The molecule has 1 heteroatoms. The molecule has 1 fully saturated rings. The molecular formula is C16H24O. The lowest BCUT2D eigenvalue weighted by molar-refractivity contribution is 0.0651. The first-order valence-corrected chi connectivity index (χ1v) is 6.97. The van der Waals surface area contributed by atoms with Gasteiger partial charge in [0.15, 0.2) is 0 Å². The second kappa shape index (κ2) is 6.20. The summed E-state index contributed by atoms with van der Waals surface area (Å²) < 4.78 is 0. The van der Waals surface area contributed by atoms with Crippen molar-refractivity contribution >= 4 is 0 Å². The summed E-state index contributed by atoms with van der Waals surface area (Å²) in [5.41, 5.74) is 1.34. The molecule has 1 aromatic rings. The van der Waals surface area contributed by atoms with E-state index in [4.69, 9.17) is 0 Å². The van der Waals surface area contributed by atoms with Crippen molar-refractivity contribution in [2.45, 2.75) is 51.6 Å². The molecule has 0 saturated heterocycles. The predicted molar refractivity (Wildman–Crippen MR) is 71.9 cm³/mol. The van der Waals surface area contributed by atoms with Crippen molar-refractivity contribution < 1.29 is 5.11 Å². The molecule has 1 aromatic carbocycles. The molecule has 1 saturated carbocycles. The maximum Gasteiger partial charge on any atom is 0.0571 e. The third-order valence-corrected chi connectivity index (χ3v) is 4.09. The first-order valence-electron chi connectivity index (χ1n) is 6.97. The zero-order valence-electron chi connectivity index (χ0n) is 10.8. The Bertz CT molecular complexity index is 320. The van der Waals surface area contributed by atoms with Crippen LogP contribution in [0.15, 0.2) is 30.3 Å². The fraction of sp³-hybridized carbons (Fsp3) is 0.625. The molecule has 3 unspecified atom stereocenters. The smallest absolute Gasteiger partial charge is 0.0571 e. The molecule has 0 aliphatic heterocycles. The molecular weight excluding hydrogens is 208 g/mol. The van der Waals surface area contributed by atoms with Crippen LogP contribution in [0.3, 0.4) is 0 Å². The van der Waals surface area contributed by atoms with Crippen molar-refractivity contribution in [1.82, 2.24) is 0 Å². The van der Waals surface area contributed by atoms with Gasteiger partial charge >= 0.3 is 0 Å². The minimum atomic E-state index is -0.0991. The van der Waals surface area contributed by atoms with Crippen LogP contribution >= 0.6 is 0 Å². The Labute approximate surface area is 105 Å². The molecule has 2 rings (SSSR count). The first kappa shape index (κ1) is 12.6. The van der Waals surface area contributed by atoms with E-state index in [9.17, 15) is 5.11 Å². The van der Waals surface area contributed by atoms with Crippen LogP contribution in [0.25, 0.3) is 0 Å². The number of benzene rings is 1. The summed E-state index contributed by atoms with van der Waals surface area (Å²) >= 11 is 0. The van der Waals surface area contributed by atoms with Crippen molar-refractivity contribution in [1.29, 1.82) is 0 Å². The van der Waals surface area contributed by atoms with Crippen molar-refractivity contribution in [2.75, 3.05) is 0 Å². The SMILES string of the molecule is CC1CCCC(C(O)CCc2ccccc2)C1. The highest BCUT2D eigenvalue weighted by molar-refractivity contribution is 5.14. The Kier molecular flexibility index (Phi) is 4.61. The topological polar surface area (TPSA) is 20.2 Å². The van der Waals surface area contributed by atoms with Crippen molar-refractivity contribution in [3.63, 3.8) is 0 Å². The monoisotopic (exact) mass is 232 g/mol. The molecule has 3 atom stereocenters. The van der Waals surface area contributed by atoms with E-state index < -0.39 is 0 Å². The van der Waals surface area contributed by atoms with Gasteiger partial charge in [-0.1, -0.05) is 50.1 Å². The van der Waals surface area contributed by atoms with E-state index in [-0.39, 0.29) is 6.10 Å². The van der Waals surface area contributed by atoms with Crippen LogP contribution in [0.1, 0.15) is 44.6 Å². The Hall–Kier alpha value is -0.820. The van der Waals surface area contributed by atoms with Gasteiger partial charge < -0.3 is 5.11 Å². The van der Waals surface area contributed by atoms with Crippen LogP contribution in [-0.4, -0.2) is 11.2 Å². The number of aryl methyl sites for hydroxylation is 1. The first-order chi connectivity index (χ1) is 8.25. The van der Waals surface area contributed by atoms with Crippen LogP contribution < -0.4 is 0 Å². The molecule has 0 aromatic heterocycles. The average Bonchev–Trinajstić information content (AvgIpc) is 2.37. The van der Waals surface area contributed by atoms with Gasteiger partial charge in [0, 0.05) is 0 Å². The van der Waals surface area contributed by atoms with Crippen LogP contribution in [0.2, 0.25) is 0 Å². The quantitative estimate of drug-likeness (QED) is 0.837. The Morgan fingerprint density at radius 2 is 2.00 bits per heavy atom. The van der Waals surface area contributed by atoms with Crippen LogP contribution in [-0.2, 0) is 6.42 Å². The lowest BCUT2D eigenvalue weighted by Crippen LogP contribution is -2.26. The molecule has 0 heterocycles. The van der Waals surface area contributed by atoms with Crippen LogP contribution in [0.5, 0.6) is 0 Å². The second-order valence-electron chi connectivity index (χ2n) is 5.62. The highest BCUT2D eigenvalue weighted by Crippen LogP contribution is 2.32. The van der Waals surface area contributed by atoms with E-state index in [1.54, 1.807) is 0 Å². The van der Waals surface area contributed by atoms with E-state index >= 15 is 0 Å². The molecule has 0 bridgehead atoms. The number of rotatable bonds is 4. The Morgan fingerprint density at radius 3 is 2.71 bits per heavy atom. The summed E-state index contributed by atoms with van der Waals surface area (Å²) in [5.74, 6) is 1.35. The van der Waals surface area contributed by atoms with Crippen molar-refractivity contribution in [3.05, 3.63) is 35.9 Å². The third-order valence-electron chi connectivity index (χ3n) is 4.09. The normalized spacial score (nSPS) is 26.7. The number of hydrogen-bond acceptors (Lipinski definition) is 1. The van der Waals surface area contributed by atoms with E-state index in [1.165, 1.54) is 31.2 Å². The highest BCUT2D eigenvalue weighted by Gasteiger charge is 2.24. The predicted octanol–water partition coefficient (Wildman–Crippen LogP) is 3.81. The zero-order valence-corrected chi connectivity index (χ0v) is 10.8. The number of hydrogen-bond donors (Lipinski definition) is 1. The maximum absolute atomic E-state index is 10.3. The summed E-state index contributed by atoms with van der Waals surface area (Å²) in [5, 5.41) is 10.3. The molecule has 1 aliphatic carbocycles. The third kappa shape index (κ3) is 3.85. The minimum Gasteiger partial charge on any atom is -0.393 e. The number of aliphatic hydroxyl groups is 1. The fourth-order valence-corrected chi connectivity index (χ4v) is 3.03. The van der Waals surface area contributed by atoms with Crippen LogP contribution in [0, 0.1) is 11.8 Å². The maximum atomic E-state index is 10.3. The average molecular weight is 232 g/mol. The lowest BCUT2D eigenvalue weighted by atomic mass is 9.78. The van der Waals surface area contributed by atoms with Gasteiger partial charge in [-0.15, -0.1) is 0 Å². The van der Waals surface area contributed by atoms with Crippen LogP contribution in [0.4, 0.5) is 0 Å². The van der Waals surface area contributed by atoms with Gasteiger partial charge in [-0.2, -0.15) is 0 Å². The largest absolute Gasteiger partial charge is 0.393 e. The molecule has 94 valence electrons. The summed E-state index contributed by atoms with van der Waals surface area (Å²) in [6.45, 7) is 2.32. The van der Waals surface area contributed by atoms with Crippen molar-refractivity contribution in [3.8, 4) is 0 Å². The summed E-state index contributed by atoms with van der Waals surface area (Å²) in [6.07, 6.45) is 6.92. The van der Waals surface area contributed by atoms with Gasteiger partial charge in [-0.25, -0.2) is 0 Å². The Balaban J connectivity index is 1.79. The van der Waals surface area contributed by atoms with Gasteiger partial charge in [-0.3, -0.25) is 0 Å². The highest BCUT2D eigenvalue weighted by atomic mass is 16.3. The minimum absolute atomic E-state index is 0.0991. The zero-order chi connectivity index (χ0) is 12.1. The second-order valence-corrected chi connectivity index (χ2v) is 5.62. The summed E-state index contributed by atoms with van der Waals surface area (Å²) in [4.78, 5) is 0. The fourth-order valence-electron chi connectivity index (χ4n) is 3.03. The molecule has 0 radical (unpaired) electrons. The van der Waals surface area contributed by atoms with Gasteiger partial charge in [0.1, 0.15) is 0 Å². The van der Waals surface area contributed by atoms with Gasteiger partial charge in [0.25, 0.3) is 0 Å².